The van der Waals surface area contributed by atoms with Crippen molar-refractivity contribution in [2.75, 3.05) is 13.1 Å². The third-order valence-electron chi connectivity index (χ3n) is 3.23. The highest BCUT2D eigenvalue weighted by Crippen LogP contribution is 2.21. The SMILES string of the molecule is O=C(O)CC1CCCN(Cc2cncc(Br)c2)C1. The minimum atomic E-state index is -0.689. The van der Waals surface area contributed by atoms with E-state index in [-0.39, 0.29) is 12.3 Å². The summed E-state index contributed by atoms with van der Waals surface area (Å²) >= 11 is 3.41. The fraction of sp³-hybridized carbons (Fsp3) is 0.538. The Hall–Kier alpha value is -0.940. The van der Waals surface area contributed by atoms with Crippen LogP contribution < -0.4 is 0 Å². The van der Waals surface area contributed by atoms with Gasteiger partial charge in [0, 0.05) is 36.4 Å². The molecule has 0 radical (unpaired) electrons. The van der Waals surface area contributed by atoms with E-state index in [0.717, 1.165) is 36.9 Å². The van der Waals surface area contributed by atoms with E-state index in [1.807, 2.05) is 6.20 Å². The number of carbonyl (C=O) groups is 1. The van der Waals surface area contributed by atoms with Crippen molar-refractivity contribution in [3.8, 4) is 0 Å². The summed E-state index contributed by atoms with van der Waals surface area (Å²) < 4.78 is 0.985. The van der Waals surface area contributed by atoms with Crippen LogP contribution in [0.5, 0.6) is 0 Å². The molecule has 1 aromatic heterocycles. The summed E-state index contributed by atoms with van der Waals surface area (Å²) in [5.74, 6) is -0.401. The summed E-state index contributed by atoms with van der Waals surface area (Å²) in [5.41, 5.74) is 1.17. The summed E-state index contributed by atoms with van der Waals surface area (Å²) in [7, 11) is 0. The molecular formula is C13H17BrN2O2. The van der Waals surface area contributed by atoms with E-state index in [1.165, 1.54) is 5.56 Å². The Morgan fingerprint density at radius 1 is 1.56 bits per heavy atom. The van der Waals surface area contributed by atoms with E-state index in [1.54, 1.807) is 6.20 Å². The second kappa shape index (κ2) is 6.29. The average molecular weight is 313 g/mol. The van der Waals surface area contributed by atoms with E-state index in [0.29, 0.717) is 0 Å². The van der Waals surface area contributed by atoms with Crippen molar-refractivity contribution in [1.82, 2.24) is 9.88 Å². The molecule has 0 aliphatic carbocycles. The molecule has 0 bridgehead atoms. The topological polar surface area (TPSA) is 53.4 Å². The van der Waals surface area contributed by atoms with Crippen molar-refractivity contribution in [2.45, 2.75) is 25.8 Å². The van der Waals surface area contributed by atoms with Gasteiger partial charge in [0.2, 0.25) is 0 Å². The van der Waals surface area contributed by atoms with Crippen LogP contribution in [0.4, 0.5) is 0 Å². The number of carboxylic acids is 1. The molecule has 1 saturated heterocycles. The predicted molar refractivity (Wildman–Crippen MR) is 72.2 cm³/mol. The fourth-order valence-electron chi connectivity index (χ4n) is 2.51. The van der Waals surface area contributed by atoms with Crippen molar-refractivity contribution in [3.05, 3.63) is 28.5 Å². The molecule has 0 saturated carbocycles. The molecule has 1 atom stereocenters. The quantitative estimate of drug-likeness (QED) is 0.928. The zero-order chi connectivity index (χ0) is 13.0. The number of carboxylic acid groups (broad SMARTS) is 1. The molecule has 4 nitrogen and oxygen atoms in total. The monoisotopic (exact) mass is 312 g/mol. The third-order valence-corrected chi connectivity index (χ3v) is 3.67. The van der Waals surface area contributed by atoms with Crippen molar-refractivity contribution >= 4 is 21.9 Å². The maximum atomic E-state index is 10.7. The number of nitrogens with zero attached hydrogens (tertiary/aromatic N) is 2. The van der Waals surface area contributed by atoms with Gasteiger partial charge in [-0.05, 0) is 52.9 Å². The van der Waals surface area contributed by atoms with Gasteiger partial charge in [-0.2, -0.15) is 0 Å². The number of rotatable bonds is 4. The molecule has 0 aromatic carbocycles. The van der Waals surface area contributed by atoms with Crippen molar-refractivity contribution in [2.24, 2.45) is 5.92 Å². The first-order chi connectivity index (χ1) is 8.63. The van der Waals surface area contributed by atoms with Crippen LogP contribution in [0.2, 0.25) is 0 Å². The Morgan fingerprint density at radius 3 is 3.11 bits per heavy atom. The molecule has 1 N–H and O–H groups in total. The molecule has 98 valence electrons. The highest BCUT2D eigenvalue weighted by Gasteiger charge is 2.21. The summed E-state index contributed by atoms with van der Waals surface area (Å²) in [5, 5.41) is 8.84. The van der Waals surface area contributed by atoms with Crippen LogP contribution in [-0.4, -0.2) is 34.0 Å². The molecule has 0 amide bonds. The number of pyridine rings is 1. The van der Waals surface area contributed by atoms with Gasteiger partial charge in [-0.1, -0.05) is 0 Å². The van der Waals surface area contributed by atoms with Crippen LogP contribution in [0.25, 0.3) is 0 Å². The first kappa shape index (κ1) is 13.5. The number of halogens is 1. The Kier molecular flexibility index (Phi) is 4.72. The van der Waals surface area contributed by atoms with Crippen LogP contribution in [-0.2, 0) is 11.3 Å². The number of hydrogen-bond acceptors (Lipinski definition) is 3. The van der Waals surface area contributed by atoms with Crippen LogP contribution >= 0.6 is 15.9 Å². The minimum absolute atomic E-state index is 0.285. The lowest BCUT2D eigenvalue weighted by Crippen LogP contribution is -2.35. The lowest BCUT2D eigenvalue weighted by Gasteiger charge is -2.32. The van der Waals surface area contributed by atoms with E-state index in [4.69, 9.17) is 5.11 Å². The predicted octanol–water partition coefficient (Wildman–Crippen LogP) is 2.53. The molecule has 0 spiro atoms. The van der Waals surface area contributed by atoms with E-state index in [9.17, 15) is 4.79 Å². The van der Waals surface area contributed by atoms with E-state index < -0.39 is 5.97 Å². The zero-order valence-electron chi connectivity index (χ0n) is 10.2. The molecular weight excluding hydrogens is 296 g/mol. The van der Waals surface area contributed by atoms with Gasteiger partial charge >= 0.3 is 5.97 Å². The van der Waals surface area contributed by atoms with Gasteiger partial charge in [0.25, 0.3) is 0 Å². The van der Waals surface area contributed by atoms with Crippen LogP contribution in [0, 0.1) is 5.92 Å². The summed E-state index contributed by atoms with van der Waals surface area (Å²) in [6.07, 6.45) is 6.03. The van der Waals surface area contributed by atoms with E-state index in [2.05, 4.69) is 31.9 Å². The maximum Gasteiger partial charge on any atom is 0.303 e. The second-order valence-electron chi connectivity index (χ2n) is 4.85. The van der Waals surface area contributed by atoms with Gasteiger partial charge in [0.05, 0.1) is 0 Å². The molecule has 2 rings (SSSR count). The fourth-order valence-corrected chi connectivity index (χ4v) is 2.92. The van der Waals surface area contributed by atoms with Gasteiger partial charge in [-0.15, -0.1) is 0 Å². The van der Waals surface area contributed by atoms with Crippen molar-refractivity contribution < 1.29 is 9.90 Å². The van der Waals surface area contributed by atoms with Crippen LogP contribution in [0.3, 0.4) is 0 Å². The molecule has 1 fully saturated rings. The second-order valence-corrected chi connectivity index (χ2v) is 5.77. The maximum absolute atomic E-state index is 10.7. The van der Waals surface area contributed by atoms with Crippen molar-refractivity contribution in [1.29, 1.82) is 0 Å². The van der Waals surface area contributed by atoms with E-state index >= 15 is 0 Å². The lowest BCUT2D eigenvalue weighted by molar-refractivity contribution is -0.138. The highest BCUT2D eigenvalue weighted by atomic mass is 79.9. The van der Waals surface area contributed by atoms with Gasteiger partial charge in [0.1, 0.15) is 0 Å². The number of likely N-dealkylation sites (tertiary alicyclic amines) is 1. The molecule has 1 aliphatic rings. The van der Waals surface area contributed by atoms with Crippen LogP contribution in [0.1, 0.15) is 24.8 Å². The zero-order valence-corrected chi connectivity index (χ0v) is 11.8. The Balaban J connectivity index is 1.91. The van der Waals surface area contributed by atoms with Gasteiger partial charge in [0.15, 0.2) is 0 Å². The van der Waals surface area contributed by atoms with Crippen molar-refractivity contribution in [3.63, 3.8) is 0 Å². The smallest absolute Gasteiger partial charge is 0.303 e. The van der Waals surface area contributed by atoms with Gasteiger partial charge < -0.3 is 5.11 Å². The number of aliphatic carboxylic acids is 1. The normalized spacial score (nSPS) is 20.8. The minimum Gasteiger partial charge on any atom is -0.481 e. The molecule has 1 aliphatic heterocycles. The summed E-state index contributed by atoms with van der Waals surface area (Å²) in [4.78, 5) is 17.2. The standard InChI is InChI=1S/C13H17BrN2O2/c14-12-4-11(6-15-7-12)9-16-3-1-2-10(8-16)5-13(17)18/h4,6-7,10H,1-3,5,8-9H2,(H,17,18). The lowest BCUT2D eigenvalue weighted by atomic mass is 9.94. The van der Waals surface area contributed by atoms with Gasteiger partial charge in [-0.25, -0.2) is 0 Å². The summed E-state index contributed by atoms with van der Waals surface area (Å²) in [6.45, 7) is 2.77. The molecule has 1 unspecified atom stereocenters. The Labute approximate surface area is 115 Å². The first-order valence-corrected chi connectivity index (χ1v) is 6.96. The Bertz CT molecular complexity index is 425. The molecule has 5 heteroatoms. The molecule has 1 aromatic rings. The highest BCUT2D eigenvalue weighted by molar-refractivity contribution is 9.10. The number of aromatic nitrogens is 1. The average Bonchev–Trinajstić information content (AvgIpc) is 2.28. The Morgan fingerprint density at radius 2 is 2.39 bits per heavy atom. The van der Waals surface area contributed by atoms with Gasteiger partial charge in [-0.3, -0.25) is 14.7 Å². The van der Waals surface area contributed by atoms with Crippen LogP contribution in [0.15, 0.2) is 22.9 Å². The third kappa shape index (κ3) is 4.07. The largest absolute Gasteiger partial charge is 0.481 e. The summed E-state index contributed by atoms with van der Waals surface area (Å²) in [6, 6.07) is 2.06. The first-order valence-electron chi connectivity index (χ1n) is 6.17. The number of hydrogen-bond donors (Lipinski definition) is 1. The number of piperidine rings is 1. The molecule has 18 heavy (non-hydrogen) atoms. The molecule has 2 heterocycles.